The first-order valence-corrected chi connectivity index (χ1v) is 13.2. The lowest BCUT2D eigenvalue weighted by atomic mass is 10.2. The van der Waals surface area contributed by atoms with Gasteiger partial charge in [0.15, 0.2) is 0 Å². The van der Waals surface area contributed by atoms with Gasteiger partial charge in [0.2, 0.25) is 5.13 Å². The molecule has 1 aromatic carbocycles. The van der Waals surface area contributed by atoms with Crippen molar-refractivity contribution < 1.29 is 4.21 Å². The molecule has 0 saturated carbocycles. The molecule has 1 unspecified atom stereocenters. The van der Waals surface area contributed by atoms with E-state index in [-0.39, 0.29) is 0 Å². The quantitative estimate of drug-likeness (QED) is 0.548. The van der Waals surface area contributed by atoms with Crippen LogP contribution in [0.5, 0.6) is 0 Å². The van der Waals surface area contributed by atoms with E-state index in [0.29, 0.717) is 5.13 Å². The third-order valence-electron chi connectivity index (χ3n) is 4.95. The first kappa shape index (κ1) is 22.4. The molecule has 0 bridgehead atoms. The zero-order chi connectivity index (χ0) is 21.5. The van der Waals surface area contributed by atoms with Gasteiger partial charge in [-0.2, -0.15) is 0 Å². The molecular weight excluding hydrogens is 448 g/mol. The molecule has 164 valence electrons. The molecule has 2 aliphatic heterocycles. The SMILES string of the molecule is C1CNCNC1.C=Nc1nc(-c2csc(-c3ccc(S(=O)N4CCCC4)cc3)n2)cs1. The Morgan fingerprint density at radius 1 is 0.968 bits per heavy atom. The summed E-state index contributed by atoms with van der Waals surface area (Å²) < 4.78 is 14.5. The molecular formula is C21H26N6OS3. The van der Waals surface area contributed by atoms with Gasteiger partial charge in [0.05, 0.1) is 4.90 Å². The minimum Gasteiger partial charge on any atom is -0.304 e. The van der Waals surface area contributed by atoms with E-state index in [1.807, 2.05) is 39.3 Å². The summed E-state index contributed by atoms with van der Waals surface area (Å²) in [6.07, 6.45) is 3.54. The Morgan fingerprint density at radius 3 is 2.23 bits per heavy atom. The summed E-state index contributed by atoms with van der Waals surface area (Å²) in [5.41, 5.74) is 2.69. The van der Waals surface area contributed by atoms with E-state index in [2.05, 4.69) is 32.3 Å². The van der Waals surface area contributed by atoms with Crippen molar-refractivity contribution in [3.63, 3.8) is 0 Å². The average molecular weight is 475 g/mol. The van der Waals surface area contributed by atoms with Crippen LogP contribution >= 0.6 is 22.7 Å². The third kappa shape index (κ3) is 5.91. The molecule has 2 N–H and O–H groups in total. The van der Waals surface area contributed by atoms with Crippen LogP contribution in [0.4, 0.5) is 5.13 Å². The second kappa shape index (κ2) is 11.2. The van der Waals surface area contributed by atoms with Gasteiger partial charge in [0.25, 0.3) is 0 Å². The van der Waals surface area contributed by atoms with E-state index in [1.54, 1.807) is 11.3 Å². The minimum absolute atomic E-state index is 0.651. The number of hydrogen-bond acceptors (Lipinski definition) is 8. The average Bonchev–Trinajstić information content (AvgIpc) is 3.61. The van der Waals surface area contributed by atoms with E-state index >= 15 is 0 Å². The number of hydrogen-bond donors (Lipinski definition) is 2. The molecule has 3 aromatic rings. The largest absolute Gasteiger partial charge is 0.304 e. The number of nitrogens with zero attached hydrogens (tertiary/aromatic N) is 4. The molecule has 1 atom stereocenters. The van der Waals surface area contributed by atoms with Gasteiger partial charge in [-0.15, -0.1) is 22.7 Å². The van der Waals surface area contributed by atoms with Crippen molar-refractivity contribution in [1.29, 1.82) is 0 Å². The molecule has 2 fully saturated rings. The number of rotatable bonds is 5. The van der Waals surface area contributed by atoms with Crippen molar-refractivity contribution in [2.75, 3.05) is 32.8 Å². The van der Waals surface area contributed by atoms with Crippen molar-refractivity contribution in [3.05, 3.63) is 35.0 Å². The number of aliphatic imine (C=N–C) groups is 1. The maximum absolute atomic E-state index is 12.5. The van der Waals surface area contributed by atoms with Gasteiger partial charge in [-0.25, -0.2) is 23.5 Å². The van der Waals surface area contributed by atoms with Crippen LogP contribution in [0, 0.1) is 0 Å². The fraction of sp³-hybridized carbons (Fsp3) is 0.381. The fourth-order valence-electron chi connectivity index (χ4n) is 3.30. The molecule has 2 aromatic heterocycles. The van der Waals surface area contributed by atoms with E-state index in [0.717, 1.165) is 59.5 Å². The summed E-state index contributed by atoms with van der Waals surface area (Å²) >= 11 is 3.03. The second-order valence-corrected chi connectivity index (χ2v) is 10.3. The Bertz CT molecular complexity index is 995. The van der Waals surface area contributed by atoms with Crippen LogP contribution < -0.4 is 10.6 Å². The molecule has 10 heteroatoms. The first-order chi connectivity index (χ1) is 15.2. The highest BCUT2D eigenvalue weighted by Gasteiger charge is 2.19. The Morgan fingerprint density at radius 2 is 1.65 bits per heavy atom. The second-order valence-electron chi connectivity index (χ2n) is 7.15. The normalized spacial score (nSPS) is 17.7. The molecule has 0 aliphatic carbocycles. The van der Waals surface area contributed by atoms with Gasteiger partial charge in [0.1, 0.15) is 27.4 Å². The van der Waals surface area contributed by atoms with Gasteiger partial charge in [-0.1, -0.05) is 12.1 Å². The lowest BCUT2D eigenvalue weighted by Gasteiger charge is -2.13. The van der Waals surface area contributed by atoms with Crippen LogP contribution in [0.3, 0.4) is 0 Å². The maximum Gasteiger partial charge on any atom is 0.209 e. The predicted octanol–water partition coefficient (Wildman–Crippen LogP) is 3.91. The van der Waals surface area contributed by atoms with Crippen LogP contribution in [-0.4, -0.2) is 58.0 Å². The summed E-state index contributed by atoms with van der Waals surface area (Å²) in [5, 5.41) is 11.9. The summed E-state index contributed by atoms with van der Waals surface area (Å²) in [7, 11) is -1.05. The van der Waals surface area contributed by atoms with Crippen molar-refractivity contribution in [1.82, 2.24) is 24.9 Å². The van der Waals surface area contributed by atoms with Gasteiger partial charge in [-0.05, 0) is 51.2 Å². The Labute approximate surface area is 193 Å². The van der Waals surface area contributed by atoms with Crippen LogP contribution in [0.2, 0.25) is 0 Å². The monoisotopic (exact) mass is 474 g/mol. The maximum atomic E-state index is 12.5. The summed E-state index contributed by atoms with van der Waals surface area (Å²) in [6, 6.07) is 7.86. The van der Waals surface area contributed by atoms with Gasteiger partial charge in [-0.3, -0.25) is 0 Å². The third-order valence-corrected chi connectivity index (χ3v) is 8.13. The number of benzene rings is 1. The molecule has 7 nitrogen and oxygen atoms in total. The predicted molar refractivity (Wildman–Crippen MR) is 131 cm³/mol. The number of thiazole rings is 2. The Hall–Kier alpha value is -1.82. The van der Waals surface area contributed by atoms with Gasteiger partial charge >= 0.3 is 0 Å². The molecule has 4 heterocycles. The van der Waals surface area contributed by atoms with E-state index in [9.17, 15) is 4.21 Å². The van der Waals surface area contributed by atoms with Crippen LogP contribution in [0.15, 0.2) is 44.9 Å². The van der Waals surface area contributed by atoms with E-state index < -0.39 is 11.0 Å². The van der Waals surface area contributed by atoms with Crippen LogP contribution in [0.1, 0.15) is 19.3 Å². The molecule has 31 heavy (non-hydrogen) atoms. The standard InChI is InChI=1S/C17H16N4OS3.C4H10N2/c1-18-17-20-15(11-24-17)14-10-23-16(19-14)12-4-6-13(7-5-12)25(22)21-8-2-3-9-21;1-2-5-4-6-3-1/h4-7,10-11H,1-3,8-9H2;5-6H,1-4H2. The first-order valence-electron chi connectivity index (χ1n) is 10.3. The van der Waals surface area contributed by atoms with Crippen molar-refractivity contribution >= 4 is 45.5 Å². The molecule has 5 rings (SSSR count). The van der Waals surface area contributed by atoms with Crippen molar-refractivity contribution in [2.45, 2.75) is 24.2 Å². The van der Waals surface area contributed by atoms with Crippen LogP contribution in [-0.2, 0) is 11.0 Å². The highest BCUT2D eigenvalue weighted by atomic mass is 32.2. The van der Waals surface area contributed by atoms with E-state index in [1.165, 1.54) is 30.8 Å². The Kier molecular flexibility index (Phi) is 8.06. The lowest BCUT2D eigenvalue weighted by Crippen LogP contribution is -2.37. The van der Waals surface area contributed by atoms with Crippen molar-refractivity contribution in [3.8, 4) is 22.0 Å². The highest BCUT2D eigenvalue weighted by Crippen LogP contribution is 2.31. The highest BCUT2D eigenvalue weighted by molar-refractivity contribution is 7.82. The number of nitrogens with one attached hydrogen (secondary N) is 2. The lowest BCUT2D eigenvalue weighted by molar-refractivity contribution is 0.496. The number of aromatic nitrogens is 2. The Balaban J connectivity index is 0.000000334. The minimum atomic E-state index is -1.05. The van der Waals surface area contributed by atoms with Crippen molar-refractivity contribution in [2.24, 2.45) is 4.99 Å². The molecule has 0 spiro atoms. The van der Waals surface area contributed by atoms with Gasteiger partial charge in [0, 0.05) is 36.1 Å². The molecule has 2 aliphatic rings. The summed E-state index contributed by atoms with van der Waals surface area (Å²) in [5.74, 6) is 0. The van der Waals surface area contributed by atoms with Crippen LogP contribution in [0.25, 0.3) is 22.0 Å². The molecule has 0 amide bonds. The smallest absolute Gasteiger partial charge is 0.209 e. The molecule has 0 radical (unpaired) electrons. The fourth-order valence-corrected chi connectivity index (χ4v) is 5.99. The van der Waals surface area contributed by atoms with E-state index in [4.69, 9.17) is 0 Å². The summed E-state index contributed by atoms with van der Waals surface area (Å²) in [6.45, 7) is 8.70. The topological polar surface area (TPSA) is 82.5 Å². The summed E-state index contributed by atoms with van der Waals surface area (Å²) in [4.78, 5) is 13.7. The van der Waals surface area contributed by atoms with Gasteiger partial charge < -0.3 is 10.6 Å². The zero-order valence-electron chi connectivity index (χ0n) is 17.2. The zero-order valence-corrected chi connectivity index (χ0v) is 19.7. The molecule has 2 saturated heterocycles.